The van der Waals surface area contributed by atoms with Crippen LogP contribution in [0.3, 0.4) is 0 Å². The van der Waals surface area contributed by atoms with Crippen molar-refractivity contribution in [2.75, 3.05) is 0 Å². The highest BCUT2D eigenvalue weighted by Crippen LogP contribution is 1.98. The highest BCUT2D eigenvalue weighted by molar-refractivity contribution is 5.73. The molecular formula is C8H17NO. The summed E-state index contributed by atoms with van der Waals surface area (Å²) in [6.45, 7) is 5.75. The number of amides is 1. The number of hydrogen-bond acceptors (Lipinski definition) is 1. The fourth-order valence-corrected chi connectivity index (χ4v) is 0.929. The number of unbranched alkanes of at least 4 members (excludes halogenated alkanes) is 1. The predicted octanol–water partition coefficient (Wildman–Crippen LogP) is 1.70. The van der Waals surface area contributed by atoms with Crippen molar-refractivity contribution in [1.29, 1.82) is 0 Å². The molecule has 0 aliphatic rings. The van der Waals surface area contributed by atoms with E-state index in [1.165, 1.54) is 12.8 Å². The highest BCUT2D eigenvalue weighted by atomic mass is 16.1. The topological polar surface area (TPSA) is 29.1 Å². The van der Waals surface area contributed by atoms with Crippen LogP contribution in [-0.4, -0.2) is 11.9 Å². The molecule has 0 aromatic heterocycles. The molecule has 0 unspecified atom stereocenters. The second-order valence-electron chi connectivity index (χ2n) is 2.74. The summed E-state index contributed by atoms with van der Waals surface area (Å²) in [5.74, 6) is 0.0728. The molecule has 1 atom stereocenters. The van der Waals surface area contributed by atoms with Gasteiger partial charge < -0.3 is 5.32 Å². The lowest BCUT2D eigenvalue weighted by Gasteiger charge is -2.10. The Kier molecular flexibility index (Phi) is 4.99. The number of rotatable bonds is 4. The van der Waals surface area contributed by atoms with Gasteiger partial charge in [-0.3, -0.25) is 4.79 Å². The maximum absolute atomic E-state index is 10.5. The Bertz CT molecular complexity index is 101. The first-order chi connectivity index (χ1) is 4.66. The monoisotopic (exact) mass is 143 g/mol. The molecule has 60 valence electrons. The van der Waals surface area contributed by atoms with E-state index < -0.39 is 0 Å². The maximum atomic E-state index is 10.5. The summed E-state index contributed by atoms with van der Waals surface area (Å²) in [6, 6.07) is 0.345. The molecule has 0 fully saturated rings. The average Bonchev–Trinajstić information content (AvgIpc) is 1.82. The molecule has 0 saturated heterocycles. The molecule has 0 aromatic rings. The van der Waals surface area contributed by atoms with Gasteiger partial charge in [0.2, 0.25) is 5.91 Å². The third kappa shape index (κ3) is 5.60. The van der Waals surface area contributed by atoms with Gasteiger partial charge in [-0.1, -0.05) is 19.8 Å². The van der Waals surface area contributed by atoms with Gasteiger partial charge in [-0.15, -0.1) is 0 Å². The van der Waals surface area contributed by atoms with Crippen molar-refractivity contribution < 1.29 is 4.79 Å². The van der Waals surface area contributed by atoms with Gasteiger partial charge in [0.05, 0.1) is 0 Å². The van der Waals surface area contributed by atoms with Crippen LogP contribution < -0.4 is 5.32 Å². The van der Waals surface area contributed by atoms with Crippen LogP contribution in [0.4, 0.5) is 0 Å². The third-order valence-electron chi connectivity index (χ3n) is 1.44. The normalized spacial score (nSPS) is 12.7. The molecule has 0 bridgehead atoms. The van der Waals surface area contributed by atoms with Gasteiger partial charge in [-0.25, -0.2) is 0 Å². The van der Waals surface area contributed by atoms with Crippen molar-refractivity contribution in [3.05, 3.63) is 0 Å². The lowest BCUT2D eigenvalue weighted by atomic mass is 10.1. The Morgan fingerprint density at radius 2 is 2.20 bits per heavy atom. The van der Waals surface area contributed by atoms with E-state index in [4.69, 9.17) is 0 Å². The zero-order valence-corrected chi connectivity index (χ0v) is 7.11. The standard InChI is InChI=1S/C8H17NO/c1-4-5-6-7(2)9-8(3)10/h7H,4-6H2,1-3H3,(H,9,10)/t7-/m0/s1. The molecule has 0 aliphatic carbocycles. The van der Waals surface area contributed by atoms with E-state index in [0.717, 1.165) is 6.42 Å². The molecule has 0 spiro atoms. The van der Waals surface area contributed by atoms with Gasteiger partial charge in [0.15, 0.2) is 0 Å². The smallest absolute Gasteiger partial charge is 0.217 e. The number of carbonyl (C=O) groups is 1. The largest absolute Gasteiger partial charge is 0.354 e. The van der Waals surface area contributed by atoms with E-state index in [0.29, 0.717) is 6.04 Å². The second-order valence-corrected chi connectivity index (χ2v) is 2.74. The molecule has 0 heterocycles. The quantitative estimate of drug-likeness (QED) is 0.637. The van der Waals surface area contributed by atoms with Crippen LogP contribution in [0.25, 0.3) is 0 Å². The van der Waals surface area contributed by atoms with Gasteiger partial charge in [0.25, 0.3) is 0 Å². The molecule has 2 nitrogen and oxygen atoms in total. The predicted molar refractivity (Wildman–Crippen MR) is 42.8 cm³/mol. The Morgan fingerprint density at radius 3 is 2.60 bits per heavy atom. The first-order valence-corrected chi connectivity index (χ1v) is 3.94. The lowest BCUT2D eigenvalue weighted by molar-refractivity contribution is -0.119. The minimum atomic E-state index is 0.0728. The molecule has 0 radical (unpaired) electrons. The van der Waals surface area contributed by atoms with E-state index in [9.17, 15) is 4.79 Å². The molecule has 1 amide bonds. The summed E-state index contributed by atoms with van der Waals surface area (Å²) in [5.41, 5.74) is 0. The minimum Gasteiger partial charge on any atom is -0.354 e. The van der Waals surface area contributed by atoms with Crippen LogP contribution in [0.1, 0.15) is 40.0 Å². The molecular weight excluding hydrogens is 126 g/mol. The summed E-state index contributed by atoms with van der Waals surface area (Å²) < 4.78 is 0. The van der Waals surface area contributed by atoms with Gasteiger partial charge in [0.1, 0.15) is 0 Å². The SMILES string of the molecule is CCCC[C@H](C)NC(C)=O. The van der Waals surface area contributed by atoms with Crippen LogP contribution >= 0.6 is 0 Å². The summed E-state index contributed by atoms with van der Waals surface area (Å²) in [5, 5.41) is 2.84. The van der Waals surface area contributed by atoms with Gasteiger partial charge in [0, 0.05) is 13.0 Å². The fraction of sp³-hybridized carbons (Fsp3) is 0.875. The Balaban J connectivity index is 3.25. The summed E-state index contributed by atoms with van der Waals surface area (Å²) in [4.78, 5) is 10.5. The molecule has 1 N–H and O–H groups in total. The first-order valence-electron chi connectivity index (χ1n) is 3.94. The van der Waals surface area contributed by atoms with Gasteiger partial charge in [-0.2, -0.15) is 0 Å². The summed E-state index contributed by atoms with van der Waals surface area (Å²) in [6.07, 6.45) is 3.49. The summed E-state index contributed by atoms with van der Waals surface area (Å²) in [7, 11) is 0. The van der Waals surface area contributed by atoms with Crippen molar-refractivity contribution in [2.45, 2.75) is 46.1 Å². The zero-order chi connectivity index (χ0) is 7.98. The van der Waals surface area contributed by atoms with Gasteiger partial charge >= 0.3 is 0 Å². The molecule has 2 heteroatoms. The first kappa shape index (κ1) is 9.47. The molecule has 0 aromatic carbocycles. The number of hydrogen-bond donors (Lipinski definition) is 1. The van der Waals surface area contributed by atoms with Crippen LogP contribution in [0.2, 0.25) is 0 Å². The molecule has 0 aliphatic heterocycles. The van der Waals surface area contributed by atoms with Crippen LogP contribution in [0.5, 0.6) is 0 Å². The van der Waals surface area contributed by atoms with E-state index in [1.54, 1.807) is 6.92 Å². The van der Waals surface area contributed by atoms with E-state index in [2.05, 4.69) is 12.2 Å². The maximum Gasteiger partial charge on any atom is 0.217 e. The Morgan fingerprint density at radius 1 is 1.60 bits per heavy atom. The third-order valence-corrected chi connectivity index (χ3v) is 1.44. The van der Waals surface area contributed by atoms with Crippen molar-refractivity contribution in [1.82, 2.24) is 5.32 Å². The van der Waals surface area contributed by atoms with Crippen LogP contribution in [0.15, 0.2) is 0 Å². The lowest BCUT2D eigenvalue weighted by Crippen LogP contribution is -2.30. The number of nitrogens with one attached hydrogen (secondary N) is 1. The van der Waals surface area contributed by atoms with E-state index in [-0.39, 0.29) is 5.91 Å². The van der Waals surface area contributed by atoms with Crippen molar-refractivity contribution in [3.63, 3.8) is 0 Å². The second kappa shape index (κ2) is 5.27. The summed E-state index contributed by atoms with van der Waals surface area (Å²) >= 11 is 0. The zero-order valence-electron chi connectivity index (χ0n) is 7.11. The Hall–Kier alpha value is -0.530. The molecule has 0 rings (SSSR count). The fourth-order valence-electron chi connectivity index (χ4n) is 0.929. The van der Waals surface area contributed by atoms with Gasteiger partial charge in [-0.05, 0) is 13.3 Å². The number of carbonyl (C=O) groups excluding carboxylic acids is 1. The highest BCUT2D eigenvalue weighted by Gasteiger charge is 2.00. The van der Waals surface area contributed by atoms with E-state index >= 15 is 0 Å². The van der Waals surface area contributed by atoms with Crippen molar-refractivity contribution in [2.24, 2.45) is 0 Å². The van der Waals surface area contributed by atoms with E-state index in [1.807, 2.05) is 6.92 Å². The Labute approximate surface area is 63.0 Å². The van der Waals surface area contributed by atoms with Crippen molar-refractivity contribution >= 4 is 5.91 Å². The molecule has 10 heavy (non-hydrogen) atoms. The van der Waals surface area contributed by atoms with Crippen molar-refractivity contribution in [3.8, 4) is 0 Å². The average molecular weight is 143 g/mol. The van der Waals surface area contributed by atoms with Crippen LogP contribution in [0, 0.1) is 0 Å². The molecule has 0 saturated carbocycles. The minimum absolute atomic E-state index is 0.0728. The van der Waals surface area contributed by atoms with Crippen LogP contribution in [-0.2, 0) is 4.79 Å².